The minimum Gasteiger partial charge on any atom is -0.481 e. The molecule has 0 bridgehead atoms. The Morgan fingerprint density at radius 2 is 1.95 bits per heavy atom. The van der Waals surface area contributed by atoms with Crippen LogP contribution in [0.2, 0.25) is 5.02 Å². The van der Waals surface area contributed by atoms with Crippen LogP contribution in [0.15, 0.2) is 18.2 Å². The number of hydrogen-bond acceptors (Lipinski definition) is 3. The van der Waals surface area contributed by atoms with E-state index >= 15 is 0 Å². The summed E-state index contributed by atoms with van der Waals surface area (Å²) in [4.78, 5) is 24.4. The lowest BCUT2D eigenvalue weighted by molar-refractivity contribution is -0.142. The number of aliphatic carboxylic acids is 1. The fourth-order valence-electron chi connectivity index (χ4n) is 2.34. The molecule has 5 heteroatoms. The number of ketones is 1. The van der Waals surface area contributed by atoms with Crippen LogP contribution < -0.4 is 4.90 Å². The van der Waals surface area contributed by atoms with Gasteiger partial charge in [0.25, 0.3) is 0 Å². The Morgan fingerprint density at radius 3 is 2.47 bits per heavy atom. The third-order valence-electron chi connectivity index (χ3n) is 3.54. The van der Waals surface area contributed by atoms with E-state index in [1.54, 1.807) is 18.2 Å². The molecule has 1 aliphatic rings. The van der Waals surface area contributed by atoms with Crippen LogP contribution >= 0.6 is 11.6 Å². The first-order chi connectivity index (χ1) is 8.99. The third kappa shape index (κ3) is 3.07. The standard InChI is InChI=1S/C14H16ClNO3/c1-9(17)11-2-3-12(15)13(8-11)16-6-4-10(5-7-16)14(18)19/h2-3,8,10H,4-7H2,1H3,(H,18,19). The van der Waals surface area contributed by atoms with Crippen molar-refractivity contribution in [1.29, 1.82) is 0 Å². The van der Waals surface area contributed by atoms with Gasteiger partial charge in [-0.25, -0.2) is 0 Å². The average Bonchev–Trinajstić information content (AvgIpc) is 2.39. The fourth-order valence-corrected chi connectivity index (χ4v) is 2.58. The van der Waals surface area contributed by atoms with Crippen molar-refractivity contribution in [3.8, 4) is 0 Å². The second kappa shape index (κ2) is 5.61. The van der Waals surface area contributed by atoms with Gasteiger partial charge in [-0.05, 0) is 38.0 Å². The van der Waals surface area contributed by atoms with Gasteiger partial charge < -0.3 is 10.0 Å². The molecule has 1 saturated heterocycles. The SMILES string of the molecule is CC(=O)c1ccc(Cl)c(N2CCC(C(=O)O)CC2)c1. The van der Waals surface area contributed by atoms with E-state index in [1.807, 2.05) is 4.90 Å². The topological polar surface area (TPSA) is 57.6 Å². The number of halogens is 1. The third-order valence-corrected chi connectivity index (χ3v) is 3.86. The molecule has 4 nitrogen and oxygen atoms in total. The molecule has 1 heterocycles. The maximum Gasteiger partial charge on any atom is 0.306 e. The first-order valence-corrected chi connectivity index (χ1v) is 6.65. The number of anilines is 1. The highest BCUT2D eigenvalue weighted by molar-refractivity contribution is 6.33. The van der Waals surface area contributed by atoms with Crippen molar-refractivity contribution < 1.29 is 14.7 Å². The predicted octanol–water partition coefficient (Wildman–Crippen LogP) is 2.84. The van der Waals surface area contributed by atoms with E-state index in [4.69, 9.17) is 16.7 Å². The maximum absolute atomic E-state index is 11.4. The molecule has 1 fully saturated rings. The second-order valence-corrected chi connectivity index (χ2v) is 5.23. The molecule has 1 aromatic carbocycles. The molecular weight excluding hydrogens is 266 g/mol. The number of hydrogen-bond donors (Lipinski definition) is 1. The Balaban J connectivity index is 2.17. The van der Waals surface area contributed by atoms with Gasteiger partial charge in [0.1, 0.15) is 0 Å². The number of piperidine rings is 1. The zero-order valence-corrected chi connectivity index (χ0v) is 11.5. The number of benzene rings is 1. The number of nitrogens with zero attached hydrogens (tertiary/aromatic N) is 1. The molecule has 0 aliphatic carbocycles. The molecule has 0 saturated carbocycles. The summed E-state index contributed by atoms with van der Waals surface area (Å²) >= 11 is 6.16. The minimum atomic E-state index is -0.733. The summed E-state index contributed by atoms with van der Waals surface area (Å²) in [6.07, 6.45) is 1.21. The van der Waals surface area contributed by atoms with E-state index in [9.17, 15) is 9.59 Å². The van der Waals surface area contributed by atoms with Crippen LogP contribution in [-0.4, -0.2) is 29.9 Å². The first kappa shape index (κ1) is 13.9. The van der Waals surface area contributed by atoms with Crippen molar-refractivity contribution in [1.82, 2.24) is 0 Å². The fraction of sp³-hybridized carbons (Fsp3) is 0.429. The maximum atomic E-state index is 11.4. The van der Waals surface area contributed by atoms with E-state index in [1.165, 1.54) is 6.92 Å². The Hall–Kier alpha value is -1.55. The average molecular weight is 282 g/mol. The van der Waals surface area contributed by atoms with E-state index in [0.29, 0.717) is 36.5 Å². The van der Waals surface area contributed by atoms with E-state index in [-0.39, 0.29) is 11.7 Å². The number of carboxylic acids is 1. The molecule has 1 aromatic rings. The molecule has 19 heavy (non-hydrogen) atoms. The first-order valence-electron chi connectivity index (χ1n) is 6.27. The normalized spacial score (nSPS) is 16.4. The number of carbonyl (C=O) groups is 2. The number of carboxylic acid groups (broad SMARTS) is 1. The van der Waals surface area contributed by atoms with Gasteiger partial charge in [0, 0.05) is 18.7 Å². The van der Waals surface area contributed by atoms with Crippen LogP contribution in [-0.2, 0) is 4.79 Å². The summed E-state index contributed by atoms with van der Waals surface area (Å²) in [5.74, 6) is -1.01. The summed E-state index contributed by atoms with van der Waals surface area (Å²) in [7, 11) is 0. The zero-order chi connectivity index (χ0) is 14.0. The molecule has 2 rings (SSSR count). The molecule has 1 N–H and O–H groups in total. The Bertz CT molecular complexity index is 507. The van der Waals surface area contributed by atoms with Gasteiger partial charge in [-0.15, -0.1) is 0 Å². The van der Waals surface area contributed by atoms with Crippen molar-refractivity contribution >= 4 is 29.0 Å². The number of rotatable bonds is 3. The molecule has 0 unspecified atom stereocenters. The van der Waals surface area contributed by atoms with Crippen molar-refractivity contribution in [2.24, 2.45) is 5.92 Å². The molecular formula is C14H16ClNO3. The van der Waals surface area contributed by atoms with Gasteiger partial charge >= 0.3 is 5.97 Å². The van der Waals surface area contributed by atoms with Crippen molar-refractivity contribution in [3.63, 3.8) is 0 Å². The van der Waals surface area contributed by atoms with E-state index in [2.05, 4.69) is 0 Å². The number of Topliss-reactive ketones (excluding diaryl/α,β-unsaturated/α-hetero) is 1. The summed E-state index contributed by atoms with van der Waals surface area (Å²) in [5, 5.41) is 9.57. The van der Waals surface area contributed by atoms with Crippen molar-refractivity contribution in [3.05, 3.63) is 28.8 Å². The second-order valence-electron chi connectivity index (χ2n) is 4.82. The lowest BCUT2D eigenvalue weighted by Gasteiger charge is -2.32. The number of carbonyl (C=O) groups excluding carboxylic acids is 1. The van der Waals surface area contributed by atoms with Crippen LogP contribution in [0.3, 0.4) is 0 Å². The van der Waals surface area contributed by atoms with Gasteiger partial charge in [-0.1, -0.05) is 11.6 Å². The zero-order valence-electron chi connectivity index (χ0n) is 10.7. The van der Waals surface area contributed by atoms with Gasteiger partial charge in [0.05, 0.1) is 16.6 Å². The smallest absolute Gasteiger partial charge is 0.306 e. The molecule has 0 amide bonds. The van der Waals surface area contributed by atoms with Gasteiger partial charge in [-0.2, -0.15) is 0 Å². The highest BCUT2D eigenvalue weighted by Crippen LogP contribution is 2.30. The van der Waals surface area contributed by atoms with Gasteiger partial charge in [-0.3, -0.25) is 9.59 Å². The van der Waals surface area contributed by atoms with E-state index < -0.39 is 5.97 Å². The van der Waals surface area contributed by atoms with Gasteiger partial charge in [0.2, 0.25) is 0 Å². The molecule has 0 atom stereocenters. The van der Waals surface area contributed by atoms with Crippen LogP contribution in [0, 0.1) is 5.92 Å². The predicted molar refractivity (Wildman–Crippen MR) is 74.0 cm³/mol. The lowest BCUT2D eigenvalue weighted by atomic mass is 9.96. The quantitative estimate of drug-likeness (QED) is 0.866. The monoisotopic (exact) mass is 281 g/mol. The van der Waals surface area contributed by atoms with Crippen molar-refractivity contribution in [2.75, 3.05) is 18.0 Å². The lowest BCUT2D eigenvalue weighted by Crippen LogP contribution is -2.36. The molecule has 102 valence electrons. The van der Waals surface area contributed by atoms with Crippen LogP contribution in [0.1, 0.15) is 30.1 Å². The van der Waals surface area contributed by atoms with Crippen LogP contribution in [0.4, 0.5) is 5.69 Å². The highest BCUT2D eigenvalue weighted by Gasteiger charge is 2.25. The van der Waals surface area contributed by atoms with Crippen LogP contribution in [0.5, 0.6) is 0 Å². The summed E-state index contributed by atoms with van der Waals surface area (Å²) in [5.41, 5.74) is 1.44. The Labute approximate surface area is 117 Å². The largest absolute Gasteiger partial charge is 0.481 e. The van der Waals surface area contributed by atoms with Crippen LogP contribution in [0.25, 0.3) is 0 Å². The minimum absolute atomic E-state index is 0.00154. The molecule has 0 aromatic heterocycles. The van der Waals surface area contributed by atoms with Crippen molar-refractivity contribution in [2.45, 2.75) is 19.8 Å². The molecule has 1 aliphatic heterocycles. The summed E-state index contributed by atoms with van der Waals surface area (Å²) in [6, 6.07) is 5.21. The van der Waals surface area contributed by atoms with Gasteiger partial charge in [0.15, 0.2) is 5.78 Å². The summed E-state index contributed by atoms with van der Waals surface area (Å²) in [6.45, 7) is 2.82. The molecule has 0 radical (unpaired) electrons. The Kier molecular flexibility index (Phi) is 4.10. The Morgan fingerprint density at radius 1 is 1.32 bits per heavy atom. The highest BCUT2D eigenvalue weighted by atomic mass is 35.5. The van der Waals surface area contributed by atoms with E-state index in [0.717, 1.165) is 5.69 Å². The molecule has 0 spiro atoms. The summed E-state index contributed by atoms with van der Waals surface area (Å²) < 4.78 is 0.